The molecule has 1 saturated heterocycles. The summed E-state index contributed by atoms with van der Waals surface area (Å²) in [4.78, 5) is 2.43. The molecule has 0 saturated carbocycles. The molecule has 0 aliphatic carbocycles. The van der Waals surface area contributed by atoms with Crippen LogP contribution in [0.2, 0.25) is 5.02 Å². The lowest BCUT2D eigenvalue weighted by atomic mass is 10.2. The number of hydrogen-bond acceptors (Lipinski definition) is 5. The quantitative estimate of drug-likeness (QED) is 0.384. The van der Waals surface area contributed by atoms with E-state index in [9.17, 15) is 4.39 Å². The topological polar surface area (TPSA) is 43.0 Å². The number of halogens is 4. The summed E-state index contributed by atoms with van der Waals surface area (Å²) in [5, 5.41) is 3.81. The van der Waals surface area contributed by atoms with E-state index in [2.05, 4.69) is 10.2 Å². The highest BCUT2D eigenvalue weighted by Crippen LogP contribution is 2.30. The highest BCUT2D eigenvalue weighted by Gasteiger charge is 2.11. The van der Waals surface area contributed by atoms with Gasteiger partial charge in [-0.15, -0.1) is 0 Å². The Morgan fingerprint density at radius 1 is 1.13 bits per heavy atom. The van der Waals surface area contributed by atoms with E-state index in [1.807, 2.05) is 18.2 Å². The van der Waals surface area contributed by atoms with E-state index in [-0.39, 0.29) is 37.2 Å². The molecule has 0 radical (unpaired) electrons. The summed E-state index contributed by atoms with van der Waals surface area (Å²) in [5.74, 6) is 0.794. The molecular weight excluding hydrogens is 466 g/mol. The molecule has 31 heavy (non-hydrogen) atoms. The Morgan fingerprint density at radius 2 is 1.90 bits per heavy atom. The Balaban J connectivity index is 0.00000240. The van der Waals surface area contributed by atoms with Crippen molar-refractivity contribution in [2.75, 3.05) is 46.5 Å². The third-order valence-corrected chi connectivity index (χ3v) is 5.28. The van der Waals surface area contributed by atoms with Gasteiger partial charge in [-0.1, -0.05) is 23.7 Å². The van der Waals surface area contributed by atoms with E-state index in [0.717, 1.165) is 57.9 Å². The molecule has 2 aromatic rings. The van der Waals surface area contributed by atoms with E-state index in [1.165, 1.54) is 6.07 Å². The van der Waals surface area contributed by atoms with Gasteiger partial charge in [0.2, 0.25) is 0 Å². The Bertz CT molecular complexity index is 772. The van der Waals surface area contributed by atoms with Crippen molar-refractivity contribution < 1.29 is 43.4 Å². The van der Waals surface area contributed by atoms with Crippen molar-refractivity contribution in [2.24, 2.45) is 0 Å². The molecule has 9 heteroatoms. The molecule has 174 valence electrons. The molecule has 5 nitrogen and oxygen atoms in total. The summed E-state index contributed by atoms with van der Waals surface area (Å²) >= 11 is 6.06. The van der Waals surface area contributed by atoms with Gasteiger partial charge in [-0.05, 0) is 49.3 Å². The highest BCUT2D eigenvalue weighted by molar-refractivity contribution is 6.31. The van der Waals surface area contributed by atoms with Gasteiger partial charge in [0.15, 0.2) is 11.5 Å². The molecule has 3 rings (SSSR count). The average molecular weight is 494 g/mol. The van der Waals surface area contributed by atoms with Crippen LogP contribution in [0.3, 0.4) is 0 Å². The fraction of sp³-hybridized carbons (Fsp3) is 0.455. The van der Waals surface area contributed by atoms with Crippen LogP contribution >= 0.6 is 11.6 Å². The lowest BCUT2D eigenvalue weighted by molar-refractivity contribution is -0.00100. The van der Waals surface area contributed by atoms with Crippen LogP contribution in [-0.4, -0.2) is 51.4 Å². The predicted octanol–water partition coefficient (Wildman–Crippen LogP) is -2.11. The summed E-state index contributed by atoms with van der Waals surface area (Å²) in [6.45, 7) is 6.55. The molecule has 0 amide bonds. The van der Waals surface area contributed by atoms with Crippen molar-refractivity contribution in [1.29, 1.82) is 0 Å². The summed E-state index contributed by atoms with van der Waals surface area (Å²) in [5.41, 5.74) is 1.44. The molecule has 1 aliphatic rings. The third kappa shape index (κ3) is 8.64. The van der Waals surface area contributed by atoms with Crippen LogP contribution in [-0.2, 0) is 17.9 Å². The van der Waals surface area contributed by atoms with Crippen LogP contribution in [0.5, 0.6) is 11.5 Å². The monoisotopic (exact) mass is 492 g/mol. The lowest BCUT2D eigenvalue weighted by Crippen LogP contribution is -3.00. The number of hydrogen-bond donors (Lipinski definition) is 1. The molecule has 1 heterocycles. The molecule has 0 unspecified atom stereocenters. The molecule has 1 N–H and O–H groups in total. The SMILES string of the molecule is COc1cc(CNCCCN2CCOCC2)ccc1OCc1c(F)cccc1Cl.[Cl-].[Cl-]. The number of morpholine rings is 1. The van der Waals surface area contributed by atoms with Crippen molar-refractivity contribution in [3.05, 3.63) is 58.4 Å². The van der Waals surface area contributed by atoms with Crippen LogP contribution in [0.1, 0.15) is 17.5 Å². The minimum atomic E-state index is -0.380. The van der Waals surface area contributed by atoms with Gasteiger partial charge in [0, 0.05) is 25.2 Å². The number of ether oxygens (including phenoxy) is 3. The van der Waals surface area contributed by atoms with Gasteiger partial charge in [0.1, 0.15) is 12.4 Å². The van der Waals surface area contributed by atoms with E-state index < -0.39 is 0 Å². The maximum absolute atomic E-state index is 13.9. The van der Waals surface area contributed by atoms with Gasteiger partial charge in [-0.3, -0.25) is 4.90 Å². The standard InChI is InChI=1S/C22H28ClFN2O3.2ClH/c1-27-22-14-17(15-25-8-3-9-26-10-12-28-13-11-26)6-7-21(22)29-16-18-19(23)4-2-5-20(18)24;;/h2,4-7,14,25H,3,8-13,15-16H2,1H3;2*1H/p-2. The molecule has 1 fully saturated rings. The number of nitrogens with zero attached hydrogens (tertiary/aromatic N) is 1. The number of rotatable bonds is 10. The fourth-order valence-corrected chi connectivity index (χ4v) is 3.46. The molecule has 0 aromatic heterocycles. The number of benzene rings is 2. The smallest absolute Gasteiger partial charge is 0.161 e. The first kappa shape index (κ1) is 27.8. The molecular formula is C22H28Cl3FN2O3-2. The van der Waals surface area contributed by atoms with Crippen LogP contribution in [0.15, 0.2) is 36.4 Å². The summed E-state index contributed by atoms with van der Waals surface area (Å²) in [7, 11) is 1.60. The van der Waals surface area contributed by atoms with Gasteiger partial charge in [0.05, 0.1) is 25.3 Å². The second-order valence-corrected chi connectivity index (χ2v) is 7.37. The van der Waals surface area contributed by atoms with Crippen LogP contribution < -0.4 is 39.6 Å². The zero-order valence-corrected chi connectivity index (χ0v) is 19.8. The normalized spacial score (nSPS) is 13.8. The number of nitrogens with one attached hydrogen (secondary N) is 1. The Labute approximate surface area is 201 Å². The van der Waals surface area contributed by atoms with Crippen LogP contribution in [0.25, 0.3) is 0 Å². The highest BCUT2D eigenvalue weighted by atomic mass is 35.5. The summed E-state index contributed by atoms with van der Waals surface area (Å²) in [6.07, 6.45) is 1.10. The summed E-state index contributed by atoms with van der Waals surface area (Å²) in [6, 6.07) is 10.4. The maximum atomic E-state index is 13.9. The maximum Gasteiger partial charge on any atom is 0.161 e. The Hall–Kier alpha value is -1.28. The van der Waals surface area contributed by atoms with Crippen molar-refractivity contribution >= 4 is 11.6 Å². The Morgan fingerprint density at radius 3 is 2.61 bits per heavy atom. The minimum absolute atomic E-state index is 0. The molecule has 0 bridgehead atoms. The predicted molar refractivity (Wildman–Crippen MR) is 112 cm³/mol. The first-order chi connectivity index (χ1) is 14.2. The van der Waals surface area contributed by atoms with Gasteiger partial charge in [-0.2, -0.15) is 0 Å². The minimum Gasteiger partial charge on any atom is -1.00 e. The number of methoxy groups -OCH3 is 1. The van der Waals surface area contributed by atoms with Crippen molar-refractivity contribution in [3.8, 4) is 11.5 Å². The van der Waals surface area contributed by atoms with E-state index >= 15 is 0 Å². The third-order valence-electron chi connectivity index (χ3n) is 4.92. The lowest BCUT2D eigenvalue weighted by Gasteiger charge is -2.26. The van der Waals surface area contributed by atoms with Crippen LogP contribution in [0.4, 0.5) is 4.39 Å². The van der Waals surface area contributed by atoms with Crippen molar-refractivity contribution in [3.63, 3.8) is 0 Å². The van der Waals surface area contributed by atoms with Crippen molar-refractivity contribution in [1.82, 2.24) is 10.2 Å². The van der Waals surface area contributed by atoms with E-state index in [0.29, 0.717) is 22.1 Å². The van der Waals surface area contributed by atoms with Gasteiger partial charge in [0.25, 0.3) is 0 Å². The largest absolute Gasteiger partial charge is 1.00 e. The molecule has 2 aromatic carbocycles. The first-order valence-corrected chi connectivity index (χ1v) is 10.3. The molecule has 1 aliphatic heterocycles. The zero-order valence-electron chi connectivity index (χ0n) is 17.5. The Kier molecular flexibility index (Phi) is 13.2. The molecule has 0 spiro atoms. The van der Waals surface area contributed by atoms with Gasteiger partial charge in [-0.25, -0.2) is 4.39 Å². The van der Waals surface area contributed by atoms with Crippen molar-refractivity contribution in [2.45, 2.75) is 19.6 Å². The first-order valence-electron chi connectivity index (χ1n) is 9.91. The second kappa shape index (κ2) is 14.7. The summed E-state index contributed by atoms with van der Waals surface area (Å²) < 4.78 is 30.5. The van der Waals surface area contributed by atoms with Gasteiger partial charge < -0.3 is 44.3 Å². The second-order valence-electron chi connectivity index (χ2n) is 6.96. The van der Waals surface area contributed by atoms with E-state index in [1.54, 1.807) is 19.2 Å². The zero-order chi connectivity index (χ0) is 20.5. The van der Waals surface area contributed by atoms with Gasteiger partial charge >= 0.3 is 0 Å². The average Bonchev–Trinajstić information content (AvgIpc) is 2.74. The molecule has 0 atom stereocenters. The van der Waals surface area contributed by atoms with E-state index in [4.69, 9.17) is 25.8 Å². The van der Waals surface area contributed by atoms with Crippen LogP contribution in [0, 0.1) is 5.82 Å². The fourth-order valence-electron chi connectivity index (χ4n) is 3.25.